The minimum Gasteiger partial charge on any atom is -0.405 e. The van der Waals surface area contributed by atoms with Crippen molar-refractivity contribution < 1.29 is 17.9 Å². The lowest BCUT2D eigenvalue weighted by atomic mass is 10.2. The molecule has 8 heteroatoms. The van der Waals surface area contributed by atoms with Gasteiger partial charge in [-0.15, -0.1) is 13.2 Å². The summed E-state index contributed by atoms with van der Waals surface area (Å²) in [5.41, 5.74) is 0.402. The molecule has 0 fully saturated rings. The fourth-order valence-corrected chi connectivity index (χ4v) is 2.49. The number of aliphatic imine (C=N–C) groups is 1. The first kappa shape index (κ1) is 21.1. The Kier molecular flexibility index (Phi) is 8.54. The second kappa shape index (κ2) is 10.1. The van der Waals surface area contributed by atoms with E-state index >= 15 is 0 Å². The molecule has 0 saturated carbocycles. The van der Waals surface area contributed by atoms with Gasteiger partial charge in [0.15, 0.2) is 5.96 Å². The van der Waals surface area contributed by atoms with Crippen LogP contribution in [-0.2, 0) is 6.54 Å². The van der Waals surface area contributed by atoms with Crippen LogP contribution in [0.15, 0.2) is 29.3 Å². The van der Waals surface area contributed by atoms with Gasteiger partial charge in [-0.3, -0.25) is 9.89 Å². The molecule has 1 aromatic carbocycles. The van der Waals surface area contributed by atoms with Crippen molar-refractivity contribution in [2.24, 2.45) is 4.99 Å². The van der Waals surface area contributed by atoms with Crippen molar-refractivity contribution in [2.75, 3.05) is 26.7 Å². The van der Waals surface area contributed by atoms with E-state index in [1.54, 1.807) is 19.2 Å². The van der Waals surface area contributed by atoms with Gasteiger partial charge in [0.2, 0.25) is 0 Å². The molecule has 25 heavy (non-hydrogen) atoms. The van der Waals surface area contributed by atoms with Crippen LogP contribution in [0.5, 0.6) is 5.75 Å². The van der Waals surface area contributed by atoms with E-state index in [0.29, 0.717) is 24.1 Å². The van der Waals surface area contributed by atoms with Crippen molar-refractivity contribution in [3.63, 3.8) is 0 Å². The van der Waals surface area contributed by atoms with Gasteiger partial charge in [-0.2, -0.15) is 0 Å². The number of guanidine groups is 1. The van der Waals surface area contributed by atoms with Gasteiger partial charge in [-0.05, 0) is 26.1 Å². The Morgan fingerprint density at radius 1 is 1.20 bits per heavy atom. The van der Waals surface area contributed by atoms with Gasteiger partial charge in [-0.1, -0.05) is 32.0 Å². The molecule has 0 amide bonds. The molecular formula is C17H27F3N4O. The van der Waals surface area contributed by atoms with E-state index in [0.717, 1.165) is 13.1 Å². The van der Waals surface area contributed by atoms with Crippen molar-refractivity contribution in [1.29, 1.82) is 0 Å². The van der Waals surface area contributed by atoms with Crippen molar-refractivity contribution in [3.05, 3.63) is 29.8 Å². The number of halogens is 3. The molecule has 0 radical (unpaired) electrons. The lowest BCUT2D eigenvalue weighted by Crippen LogP contribution is -2.45. The number of nitrogens with zero attached hydrogens (tertiary/aromatic N) is 2. The quantitative estimate of drug-likeness (QED) is 0.553. The third-order valence-corrected chi connectivity index (χ3v) is 3.87. The van der Waals surface area contributed by atoms with Gasteiger partial charge >= 0.3 is 6.36 Å². The molecule has 1 unspecified atom stereocenters. The molecule has 1 aromatic rings. The van der Waals surface area contributed by atoms with Crippen molar-refractivity contribution in [3.8, 4) is 5.75 Å². The van der Waals surface area contributed by atoms with Crippen molar-refractivity contribution >= 4 is 5.96 Å². The fraction of sp³-hybridized carbons (Fsp3) is 0.588. The average Bonchev–Trinajstić information content (AvgIpc) is 2.56. The van der Waals surface area contributed by atoms with Crippen molar-refractivity contribution in [1.82, 2.24) is 15.5 Å². The van der Waals surface area contributed by atoms with E-state index < -0.39 is 6.36 Å². The topological polar surface area (TPSA) is 48.9 Å². The maximum Gasteiger partial charge on any atom is 0.573 e. The van der Waals surface area contributed by atoms with Crippen LogP contribution in [0.1, 0.15) is 26.3 Å². The molecular weight excluding hydrogens is 333 g/mol. The van der Waals surface area contributed by atoms with Crippen LogP contribution in [0.2, 0.25) is 0 Å². The zero-order valence-electron chi connectivity index (χ0n) is 15.2. The lowest BCUT2D eigenvalue weighted by molar-refractivity contribution is -0.274. The Hall–Kier alpha value is -1.96. The minimum absolute atomic E-state index is 0.172. The monoisotopic (exact) mass is 360 g/mol. The van der Waals surface area contributed by atoms with E-state index in [1.165, 1.54) is 12.1 Å². The third kappa shape index (κ3) is 7.64. The highest BCUT2D eigenvalue weighted by molar-refractivity contribution is 5.79. The molecule has 0 aliphatic rings. The second-order valence-corrected chi connectivity index (χ2v) is 5.53. The number of rotatable bonds is 8. The summed E-state index contributed by atoms with van der Waals surface area (Å²) in [7, 11) is 1.62. The van der Waals surface area contributed by atoms with Crippen LogP contribution in [0.4, 0.5) is 13.2 Å². The van der Waals surface area contributed by atoms with Gasteiger partial charge in [0.25, 0.3) is 0 Å². The van der Waals surface area contributed by atoms with Crippen LogP contribution >= 0.6 is 0 Å². The van der Waals surface area contributed by atoms with Crippen molar-refractivity contribution in [2.45, 2.75) is 39.7 Å². The first-order valence-corrected chi connectivity index (χ1v) is 8.32. The Morgan fingerprint density at radius 2 is 1.84 bits per heavy atom. The highest BCUT2D eigenvalue weighted by atomic mass is 19.4. The summed E-state index contributed by atoms with van der Waals surface area (Å²) < 4.78 is 41.4. The summed E-state index contributed by atoms with van der Waals surface area (Å²) in [6, 6.07) is 6.36. The zero-order chi connectivity index (χ0) is 18.9. The maximum atomic E-state index is 12.5. The Bertz CT molecular complexity index is 545. The number of hydrogen-bond donors (Lipinski definition) is 2. The maximum absolute atomic E-state index is 12.5. The molecule has 0 saturated heterocycles. The van der Waals surface area contributed by atoms with Crippen LogP contribution < -0.4 is 15.4 Å². The first-order chi connectivity index (χ1) is 11.8. The number of alkyl halides is 3. The summed E-state index contributed by atoms with van der Waals surface area (Å²) in [5, 5.41) is 6.21. The summed E-state index contributed by atoms with van der Waals surface area (Å²) in [6.07, 6.45) is -4.71. The molecule has 0 aromatic heterocycles. The van der Waals surface area contributed by atoms with Gasteiger partial charge in [0.05, 0.1) is 0 Å². The normalized spacial score (nSPS) is 13.7. The van der Waals surface area contributed by atoms with E-state index in [2.05, 4.69) is 46.0 Å². The molecule has 5 nitrogen and oxygen atoms in total. The predicted molar refractivity (Wildman–Crippen MR) is 93.7 cm³/mol. The Morgan fingerprint density at radius 3 is 2.40 bits per heavy atom. The zero-order valence-corrected chi connectivity index (χ0v) is 15.2. The summed E-state index contributed by atoms with van der Waals surface area (Å²) in [4.78, 5) is 6.40. The highest BCUT2D eigenvalue weighted by Gasteiger charge is 2.31. The van der Waals surface area contributed by atoms with Crippen LogP contribution in [-0.4, -0.2) is 49.9 Å². The number of likely N-dealkylation sites (N-methyl/N-ethyl adjacent to an activating group) is 1. The summed E-state index contributed by atoms with van der Waals surface area (Å²) >= 11 is 0. The predicted octanol–water partition coefficient (Wildman–Crippen LogP) is 2.98. The van der Waals surface area contributed by atoms with Crippen LogP contribution in [0, 0.1) is 0 Å². The van der Waals surface area contributed by atoms with E-state index in [9.17, 15) is 13.2 Å². The molecule has 0 spiro atoms. The SMILES string of the molecule is CCN(CC)C(C)CNC(=NC)NCc1ccccc1OC(F)(F)F. The standard InChI is InChI=1S/C17H27F3N4O/c1-5-24(6-2)13(3)11-22-16(21-4)23-12-14-9-7-8-10-15(14)25-17(18,19)20/h7-10,13H,5-6,11-12H2,1-4H3,(H2,21,22,23). The number of benzene rings is 1. The van der Waals surface area contributed by atoms with E-state index in [1.807, 2.05) is 0 Å². The highest BCUT2D eigenvalue weighted by Crippen LogP contribution is 2.25. The number of ether oxygens (including phenoxy) is 1. The van der Waals surface area contributed by atoms with Gasteiger partial charge in [0, 0.05) is 31.7 Å². The van der Waals surface area contributed by atoms with E-state index in [4.69, 9.17) is 0 Å². The number of hydrogen-bond acceptors (Lipinski definition) is 3. The lowest BCUT2D eigenvalue weighted by Gasteiger charge is -2.27. The smallest absolute Gasteiger partial charge is 0.405 e. The molecule has 0 aliphatic carbocycles. The summed E-state index contributed by atoms with van der Waals surface area (Å²) in [5.74, 6) is 0.315. The average molecular weight is 360 g/mol. The third-order valence-electron chi connectivity index (χ3n) is 3.87. The van der Waals surface area contributed by atoms with E-state index in [-0.39, 0.29) is 12.3 Å². The van der Waals surface area contributed by atoms with Gasteiger partial charge in [-0.25, -0.2) is 0 Å². The number of nitrogens with one attached hydrogen (secondary N) is 2. The largest absolute Gasteiger partial charge is 0.573 e. The van der Waals surface area contributed by atoms with Crippen LogP contribution in [0.25, 0.3) is 0 Å². The van der Waals surface area contributed by atoms with Crippen LogP contribution in [0.3, 0.4) is 0 Å². The molecule has 2 N–H and O–H groups in total. The Labute approximate surface area is 147 Å². The van der Waals surface area contributed by atoms with Gasteiger partial charge < -0.3 is 15.4 Å². The molecule has 142 valence electrons. The second-order valence-electron chi connectivity index (χ2n) is 5.53. The first-order valence-electron chi connectivity index (χ1n) is 8.32. The molecule has 0 bridgehead atoms. The molecule has 0 aliphatic heterocycles. The molecule has 1 rings (SSSR count). The Balaban J connectivity index is 2.61. The molecule has 0 heterocycles. The summed E-state index contributed by atoms with van der Waals surface area (Å²) in [6.45, 7) is 9.07. The molecule has 1 atom stereocenters. The number of para-hydroxylation sites is 1. The fourth-order valence-electron chi connectivity index (χ4n) is 2.49. The minimum atomic E-state index is -4.71. The van der Waals surface area contributed by atoms with Gasteiger partial charge in [0.1, 0.15) is 5.75 Å².